The van der Waals surface area contributed by atoms with Crippen LogP contribution < -0.4 is 15.7 Å². The smallest absolute Gasteiger partial charge is 0.352 e. The molecule has 1 aromatic rings. The van der Waals surface area contributed by atoms with E-state index in [1.807, 2.05) is 39.8 Å². The Balaban J connectivity index is 3.24. The third-order valence-electron chi connectivity index (χ3n) is 2.85. The number of nitrogens with zero attached hydrogens (tertiary/aromatic N) is 3. The minimum atomic E-state index is -1.10. The second kappa shape index (κ2) is 7.97. The second-order valence-electron chi connectivity index (χ2n) is 5.19. The molecule has 0 bridgehead atoms. The first-order valence-corrected chi connectivity index (χ1v) is 6.98. The summed E-state index contributed by atoms with van der Waals surface area (Å²) in [6, 6.07) is 4.64. The van der Waals surface area contributed by atoms with Crippen LogP contribution in [0.3, 0.4) is 0 Å². The Morgan fingerprint density at radius 1 is 1.39 bits per heavy atom. The maximum absolute atomic E-state index is 12.3. The van der Waals surface area contributed by atoms with Crippen LogP contribution in [0.5, 0.6) is 0 Å². The number of hydroxylamine groups is 1. The van der Waals surface area contributed by atoms with Gasteiger partial charge in [-0.2, -0.15) is 10.4 Å². The van der Waals surface area contributed by atoms with Crippen molar-refractivity contribution in [1.29, 1.82) is 0 Å². The number of carbonyl (C=O) groups excluding carboxylic acids is 1. The molecule has 2 amide bonds. The molecule has 0 aliphatic heterocycles. The van der Waals surface area contributed by atoms with E-state index in [1.165, 1.54) is 11.9 Å². The Morgan fingerprint density at radius 2 is 2.04 bits per heavy atom. The van der Waals surface area contributed by atoms with E-state index < -0.39 is 11.1 Å². The highest BCUT2D eigenvalue weighted by Gasteiger charge is 2.24. The van der Waals surface area contributed by atoms with E-state index in [1.54, 1.807) is 11.5 Å². The second-order valence-corrected chi connectivity index (χ2v) is 5.19. The quantitative estimate of drug-likeness (QED) is 0.381. The standard InChI is InChI=1S/C14H21N5O4/c1-9(2)16-13(15-5)18(14(20)17-23-19(21)22)12-7-6-10(3)8-11(12)4/h6-9H,1-5H3,(H,15,16)(H,17,20). The molecule has 0 aliphatic carbocycles. The van der Waals surface area contributed by atoms with Gasteiger partial charge in [0.25, 0.3) is 0 Å². The summed E-state index contributed by atoms with van der Waals surface area (Å²) in [5.41, 5.74) is 4.15. The molecule has 0 saturated carbocycles. The van der Waals surface area contributed by atoms with Crippen molar-refractivity contribution in [3.05, 3.63) is 39.4 Å². The number of guanidine groups is 1. The number of hydrogen-bond acceptors (Lipinski definition) is 5. The summed E-state index contributed by atoms with van der Waals surface area (Å²) >= 11 is 0. The highest BCUT2D eigenvalue weighted by atomic mass is 17.0. The van der Waals surface area contributed by atoms with Crippen LogP contribution in [0.25, 0.3) is 0 Å². The molecular formula is C14H21N5O4. The molecule has 0 saturated heterocycles. The van der Waals surface area contributed by atoms with Gasteiger partial charge in [-0.05, 0) is 39.3 Å². The first kappa shape index (κ1) is 18.2. The first-order valence-electron chi connectivity index (χ1n) is 6.98. The van der Waals surface area contributed by atoms with Crippen LogP contribution in [0.1, 0.15) is 25.0 Å². The van der Waals surface area contributed by atoms with E-state index in [4.69, 9.17) is 0 Å². The lowest BCUT2D eigenvalue weighted by Gasteiger charge is -2.27. The Kier molecular flexibility index (Phi) is 6.31. The van der Waals surface area contributed by atoms with Gasteiger partial charge in [0.2, 0.25) is 5.96 Å². The van der Waals surface area contributed by atoms with Crippen molar-refractivity contribution in [2.75, 3.05) is 11.9 Å². The van der Waals surface area contributed by atoms with Gasteiger partial charge in [-0.25, -0.2) is 9.69 Å². The number of nitrogens with one attached hydrogen (secondary N) is 2. The van der Waals surface area contributed by atoms with Crippen LogP contribution in [-0.4, -0.2) is 30.2 Å². The summed E-state index contributed by atoms with van der Waals surface area (Å²) in [6.45, 7) is 7.53. The average molecular weight is 323 g/mol. The van der Waals surface area contributed by atoms with Crippen molar-refractivity contribution >= 4 is 17.7 Å². The van der Waals surface area contributed by atoms with Gasteiger partial charge >= 0.3 is 11.1 Å². The van der Waals surface area contributed by atoms with Gasteiger partial charge < -0.3 is 5.32 Å². The lowest BCUT2D eigenvalue weighted by Crippen LogP contribution is -2.52. The molecule has 0 radical (unpaired) electrons. The third kappa shape index (κ3) is 5.13. The highest BCUT2D eigenvalue weighted by molar-refractivity contribution is 6.15. The lowest BCUT2D eigenvalue weighted by molar-refractivity contribution is -0.771. The van der Waals surface area contributed by atoms with Gasteiger partial charge in [-0.15, -0.1) is 10.1 Å². The molecule has 0 atom stereocenters. The number of benzene rings is 1. The number of anilines is 1. The molecule has 0 aliphatic rings. The summed E-state index contributed by atoms with van der Waals surface area (Å²) in [5, 5.41) is 12.2. The molecule has 0 unspecified atom stereocenters. The molecule has 9 heteroatoms. The monoisotopic (exact) mass is 323 g/mol. The van der Waals surface area contributed by atoms with Crippen LogP contribution in [0.15, 0.2) is 23.2 Å². The van der Waals surface area contributed by atoms with Gasteiger partial charge in [0, 0.05) is 13.1 Å². The molecule has 0 spiro atoms. The SMILES string of the molecule is CN=C(NC(C)C)N(C(=O)NO[N+](=O)[O-])c1ccc(C)cc1C. The number of aliphatic imine (C=N–C) groups is 1. The minimum absolute atomic E-state index is 0.00573. The molecule has 1 aromatic carbocycles. The summed E-state index contributed by atoms with van der Waals surface area (Å²) in [4.78, 5) is 31.8. The summed E-state index contributed by atoms with van der Waals surface area (Å²) in [7, 11) is 1.52. The molecule has 2 N–H and O–H groups in total. The van der Waals surface area contributed by atoms with Crippen LogP contribution in [-0.2, 0) is 4.94 Å². The molecule has 0 aromatic heterocycles. The molecule has 23 heavy (non-hydrogen) atoms. The van der Waals surface area contributed by atoms with Crippen LogP contribution in [0, 0.1) is 24.0 Å². The van der Waals surface area contributed by atoms with E-state index >= 15 is 0 Å². The van der Waals surface area contributed by atoms with E-state index in [9.17, 15) is 14.9 Å². The van der Waals surface area contributed by atoms with Crippen molar-refractivity contribution in [3.63, 3.8) is 0 Å². The maximum Gasteiger partial charge on any atom is 0.352 e. The van der Waals surface area contributed by atoms with Gasteiger partial charge in [0.15, 0.2) is 0 Å². The number of aryl methyl sites for hydroxylation is 2. The highest BCUT2D eigenvalue weighted by Crippen LogP contribution is 2.21. The fraction of sp³-hybridized carbons (Fsp3) is 0.429. The zero-order valence-electron chi connectivity index (χ0n) is 13.8. The first-order chi connectivity index (χ1) is 10.8. The average Bonchev–Trinajstić information content (AvgIpc) is 2.45. The van der Waals surface area contributed by atoms with Crippen LogP contribution >= 0.6 is 0 Å². The number of amides is 2. The summed E-state index contributed by atoms with van der Waals surface area (Å²) in [5.74, 6) is 0.247. The number of rotatable bonds is 4. The minimum Gasteiger partial charge on any atom is -0.353 e. The maximum atomic E-state index is 12.3. The van der Waals surface area contributed by atoms with E-state index in [2.05, 4.69) is 15.2 Å². The zero-order chi connectivity index (χ0) is 17.6. The molecule has 0 fully saturated rings. The van der Waals surface area contributed by atoms with Crippen molar-refractivity contribution in [1.82, 2.24) is 10.8 Å². The van der Waals surface area contributed by atoms with Gasteiger partial charge in [0.1, 0.15) is 0 Å². The van der Waals surface area contributed by atoms with Crippen LogP contribution in [0.4, 0.5) is 10.5 Å². The largest absolute Gasteiger partial charge is 0.353 e. The van der Waals surface area contributed by atoms with Crippen molar-refractivity contribution in [2.24, 2.45) is 4.99 Å². The number of carbonyl (C=O) groups is 1. The van der Waals surface area contributed by atoms with Crippen molar-refractivity contribution in [3.8, 4) is 0 Å². The van der Waals surface area contributed by atoms with E-state index in [0.29, 0.717) is 5.69 Å². The van der Waals surface area contributed by atoms with Gasteiger partial charge in [-0.1, -0.05) is 17.7 Å². The molecule has 126 valence electrons. The Labute approximate surface area is 134 Å². The van der Waals surface area contributed by atoms with Crippen molar-refractivity contribution in [2.45, 2.75) is 33.7 Å². The summed E-state index contributed by atoms with van der Waals surface area (Å²) < 4.78 is 0. The fourth-order valence-electron chi connectivity index (χ4n) is 1.99. The number of urea groups is 1. The van der Waals surface area contributed by atoms with Gasteiger partial charge in [0.05, 0.1) is 5.69 Å². The fourth-order valence-corrected chi connectivity index (χ4v) is 1.99. The summed E-state index contributed by atoms with van der Waals surface area (Å²) in [6.07, 6.45) is 0. The molecule has 1 rings (SSSR count). The number of hydrogen-bond donors (Lipinski definition) is 2. The Hall–Kier alpha value is -2.84. The van der Waals surface area contributed by atoms with Crippen LogP contribution in [0.2, 0.25) is 0 Å². The van der Waals surface area contributed by atoms with E-state index in [-0.39, 0.29) is 12.0 Å². The molecule has 9 nitrogen and oxygen atoms in total. The van der Waals surface area contributed by atoms with Crippen molar-refractivity contribution < 1.29 is 14.8 Å². The Morgan fingerprint density at radius 3 is 2.52 bits per heavy atom. The topological polar surface area (TPSA) is 109 Å². The van der Waals surface area contributed by atoms with Gasteiger partial charge in [-0.3, -0.25) is 4.99 Å². The lowest BCUT2D eigenvalue weighted by atomic mass is 10.1. The third-order valence-corrected chi connectivity index (χ3v) is 2.85. The normalized spacial score (nSPS) is 11.1. The Bertz CT molecular complexity index is 615. The predicted octanol–water partition coefficient (Wildman–Crippen LogP) is 1.93. The predicted molar refractivity (Wildman–Crippen MR) is 86.6 cm³/mol. The zero-order valence-corrected chi connectivity index (χ0v) is 13.8. The molecule has 0 heterocycles. The molecular weight excluding hydrogens is 302 g/mol. The van der Waals surface area contributed by atoms with E-state index in [0.717, 1.165) is 11.1 Å².